The lowest BCUT2D eigenvalue weighted by Gasteiger charge is -2.38. The Bertz CT molecular complexity index is 3910. The van der Waals surface area contributed by atoms with Crippen LogP contribution >= 0.6 is 24.1 Å². The molecule has 0 heterocycles. The number of alkyl halides is 6. The Labute approximate surface area is 475 Å². The predicted octanol–water partition coefficient (Wildman–Crippen LogP) is 14.3. The van der Waals surface area contributed by atoms with Gasteiger partial charge in [-0.05, 0) is 144 Å². The molecule has 0 aliphatic rings. The van der Waals surface area contributed by atoms with Crippen molar-refractivity contribution in [2.24, 2.45) is 0 Å². The summed E-state index contributed by atoms with van der Waals surface area (Å²) in [7, 11) is -8.99. The fourth-order valence-corrected chi connectivity index (χ4v) is 10.6. The summed E-state index contributed by atoms with van der Waals surface area (Å²) in [5.74, 6) is -2.44. The van der Waals surface area contributed by atoms with E-state index in [1.54, 1.807) is 49.4 Å². The van der Waals surface area contributed by atoms with E-state index in [2.05, 4.69) is 18.7 Å². The predicted molar refractivity (Wildman–Crippen MR) is 283 cm³/mol. The molecule has 8 aromatic carbocycles. The van der Waals surface area contributed by atoms with Crippen LogP contribution in [0.15, 0.2) is 189 Å². The van der Waals surface area contributed by atoms with Crippen molar-refractivity contribution >= 4 is 55.9 Å². The van der Waals surface area contributed by atoms with Gasteiger partial charge >= 0.3 is 12.4 Å². The Morgan fingerprint density at radius 1 is 0.446 bits per heavy atom. The molecule has 8 aromatic rings. The van der Waals surface area contributed by atoms with Crippen molar-refractivity contribution in [3.8, 4) is 51.4 Å². The molecule has 8 rings (SSSR count). The average molecular weight is 1230 g/mol. The summed E-state index contributed by atoms with van der Waals surface area (Å²) in [4.78, 5) is 26.0. The monoisotopic (exact) mass is 1230 g/mol. The number of benzene rings is 8. The van der Waals surface area contributed by atoms with E-state index in [0.29, 0.717) is 69.9 Å². The minimum atomic E-state index is -5.93. The summed E-state index contributed by atoms with van der Waals surface area (Å²) < 4.78 is 190. The molecule has 0 bridgehead atoms. The van der Waals surface area contributed by atoms with Crippen molar-refractivity contribution in [2.75, 3.05) is 7.11 Å². The number of carbonyl (C=O) groups excluding carboxylic acids is 2. The molecule has 0 radical (unpaired) electrons. The van der Waals surface area contributed by atoms with Gasteiger partial charge in [0.25, 0.3) is 20.2 Å². The van der Waals surface area contributed by atoms with Crippen molar-refractivity contribution < 1.29 is 110 Å². The second-order valence-electron chi connectivity index (χ2n) is 17.4. The molecule has 0 aromatic heterocycles. The van der Waals surface area contributed by atoms with Crippen molar-refractivity contribution in [2.45, 2.75) is 44.3 Å². The highest BCUT2D eigenvalue weighted by Gasteiger charge is 2.72. The van der Waals surface area contributed by atoms with E-state index in [1.165, 1.54) is 61.7 Å². The molecule has 0 aliphatic carbocycles. The second kappa shape index (κ2) is 24.9. The smallest absolute Gasteiger partial charge is 0.411 e. The fraction of sp³-hybridized carbons (Fsp3) is 0.0909. The van der Waals surface area contributed by atoms with Gasteiger partial charge in [-0.3, -0.25) is 18.7 Å². The Morgan fingerprint density at radius 2 is 0.783 bits per heavy atom. The van der Waals surface area contributed by atoms with E-state index in [9.17, 15) is 61.9 Å². The first-order valence-corrected chi connectivity index (χ1v) is 27.6. The topological polar surface area (TPSA) is 257 Å². The maximum Gasteiger partial charge on any atom is 0.411 e. The van der Waals surface area contributed by atoms with Gasteiger partial charge in [0.2, 0.25) is 5.41 Å². The quantitative estimate of drug-likeness (QED) is 0.0123. The number of rotatable bonds is 22. The molecule has 0 unspecified atom stereocenters. The van der Waals surface area contributed by atoms with Gasteiger partial charge in [-0.2, -0.15) is 43.2 Å². The van der Waals surface area contributed by atoms with Gasteiger partial charge in [0, 0.05) is 27.1 Å². The zero-order valence-electron chi connectivity index (χ0n) is 42.1. The lowest BCUT2D eigenvalue weighted by Crippen LogP contribution is -2.54. The number of hydrogen-bond acceptors (Lipinski definition) is 18. The molecule has 18 nitrogen and oxygen atoms in total. The summed E-state index contributed by atoms with van der Waals surface area (Å²) in [5.41, 5.74) is -5.45. The lowest BCUT2D eigenvalue weighted by molar-refractivity contribution is -0.432. The third kappa shape index (κ3) is 13.7. The third-order valence-electron chi connectivity index (χ3n) is 12.3. The molecule has 4 N–H and O–H groups in total. The van der Waals surface area contributed by atoms with E-state index in [4.69, 9.17) is 29.5 Å². The molecule has 0 aliphatic heterocycles. The highest BCUT2D eigenvalue weighted by molar-refractivity contribution is 7.94. The van der Waals surface area contributed by atoms with E-state index >= 15 is 0 Å². The van der Waals surface area contributed by atoms with Crippen molar-refractivity contribution in [3.63, 3.8) is 0 Å². The summed E-state index contributed by atoms with van der Waals surface area (Å²) in [6.45, 7) is 1.71. The first-order chi connectivity index (χ1) is 39.2. The van der Waals surface area contributed by atoms with E-state index in [0.717, 1.165) is 48.5 Å². The maximum absolute atomic E-state index is 14.7. The zero-order chi connectivity index (χ0) is 60.1. The largest absolute Gasteiger partial charge is 0.497 e. The second-order valence-corrected chi connectivity index (χ2v) is 21.6. The lowest BCUT2D eigenvalue weighted by atomic mass is 9.73. The standard InChI is InChI=1S/C55H38F6O18S4/c1-31-3-4-34(27-47(31)80-78-76-64)51(62)36-10-25-45(49(29-36)82(66,67)68)74-42-18-7-33(8-19-42)32-5-16-41(17-6-32)73-44-24-9-35(28-48(44)81-79-77-65)52(63)37-11-26-46(50(30-37)83(69,70)71)75-43-22-14-39(15-23-43)53(54(56,57)58,55(59,60)61)38-12-20-40(72-2)21-13-38/h3-30,64-65H,1-2H3,(H,66,67,68)(H,69,70,71). The van der Waals surface area contributed by atoms with E-state index < -0.39 is 82.0 Å². The van der Waals surface area contributed by atoms with Crippen molar-refractivity contribution in [1.29, 1.82) is 0 Å². The van der Waals surface area contributed by atoms with Crippen molar-refractivity contribution in [1.82, 2.24) is 0 Å². The van der Waals surface area contributed by atoms with Gasteiger partial charge in [-0.25, -0.2) is 10.5 Å². The van der Waals surface area contributed by atoms with E-state index in [-0.39, 0.29) is 55.9 Å². The van der Waals surface area contributed by atoms with Crippen LogP contribution in [0.25, 0.3) is 11.1 Å². The van der Waals surface area contributed by atoms with E-state index in [1.807, 2.05) is 0 Å². The van der Waals surface area contributed by atoms with Crippen LogP contribution in [-0.4, -0.2) is 67.5 Å². The van der Waals surface area contributed by atoms with Crippen LogP contribution in [0.1, 0.15) is 48.5 Å². The number of aryl methyl sites for hydroxylation is 1. The molecule has 0 amide bonds. The van der Waals surface area contributed by atoms with Crippen molar-refractivity contribution in [3.05, 3.63) is 209 Å². The number of ether oxygens (including phenoxy) is 4. The molecular formula is C55H38F6O18S4. The molecule has 83 heavy (non-hydrogen) atoms. The summed E-state index contributed by atoms with van der Waals surface area (Å²) >= 11 is 1.03. The van der Waals surface area contributed by atoms with Gasteiger partial charge in [-0.1, -0.05) is 70.7 Å². The number of ketones is 2. The number of hydrogen-bond donors (Lipinski definition) is 4. The SMILES string of the molecule is COc1ccc(C(c2ccc(Oc3ccc(C(=O)c4ccc(Oc5ccc(-c6ccc(Oc7ccc(C(=O)c8ccc(C)c(SOOO)c8)cc7S(=O)(=O)O)cc6)cc5)c(SOOO)c4)cc3S(=O)(=O)O)cc2)(C(F)(F)F)C(F)(F)F)cc1. The summed E-state index contributed by atoms with van der Waals surface area (Å²) in [6, 6.07) is 32.9. The molecule has 432 valence electrons. The average Bonchev–Trinajstić information content (AvgIpc) is 1.27. The molecule has 0 spiro atoms. The van der Waals surface area contributed by atoms with Crippen LogP contribution in [-0.2, 0) is 44.4 Å². The van der Waals surface area contributed by atoms with Gasteiger partial charge in [0.1, 0.15) is 50.0 Å². The number of halogens is 6. The molecule has 0 fully saturated rings. The van der Waals surface area contributed by atoms with Crippen LogP contribution in [0.3, 0.4) is 0 Å². The first-order valence-electron chi connectivity index (χ1n) is 23.2. The summed E-state index contributed by atoms with van der Waals surface area (Å²) in [6.07, 6.45) is -11.9. The van der Waals surface area contributed by atoms with Crippen LogP contribution in [0.5, 0.6) is 40.2 Å². The first kappa shape index (κ1) is 61.2. The maximum atomic E-state index is 14.7. The van der Waals surface area contributed by atoms with Gasteiger partial charge in [0.05, 0.1) is 36.1 Å². The Morgan fingerprint density at radius 3 is 1.17 bits per heavy atom. The normalized spacial score (nSPS) is 12.2. The van der Waals surface area contributed by atoms with Crippen LogP contribution in [0.2, 0.25) is 0 Å². The van der Waals surface area contributed by atoms with Crippen LogP contribution < -0.4 is 18.9 Å². The molecular weight excluding hydrogens is 1190 g/mol. The number of methoxy groups -OCH3 is 1. The fourth-order valence-electron chi connectivity index (χ4n) is 8.35. The third-order valence-corrected chi connectivity index (χ3v) is 15.4. The van der Waals surface area contributed by atoms with Crippen LogP contribution in [0, 0.1) is 6.92 Å². The molecule has 0 atom stereocenters. The number of carbonyl (C=O) groups is 2. The highest BCUT2D eigenvalue weighted by atomic mass is 32.2. The molecule has 0 saturated heterocycles. The van der Waals surface area contributed by atoms with Crippen LogP contribution in [0.4, 0.5) is 26.3 Å². The van der Waals surface area contributed by atoms with Gasteiger partial charge < -0.3 is 18.9 Å². The molecule has 28 heteroatoms. The molecule has 0 saturated carbocycles. The Hall–Kier alpha value is -7.84. The Balaban J connectivity index is 0.967. The minimum Gasteiger partial charge on any atom is -0.497 e. The Kier molecular flexibility index (Phi) is 18.4. The summed E-state index contributed by atoms with van der Waals surface area (Å²) in [5, 5.41) is 24.8. The minimum absolute atomic E-state index is 0.00389. The van der Waals surface area contributed by atoms with Gasteiger partial charge in [-0.15, -0.1) is 8.67 Å². The van der Waals surface area contributed by atoms with Gasteiger partial charge in [0.15, 0.2) is 11.6 Å². The highest BCUT2D eigenvalue weighted by Crippen LogP contribution is 2.56. The zero-order valence-corrected chi connectivity index (χ0v) is 45.3.